The van der Waals surface area contributed by atoms with Gasteiger partial charge in [-0.2, -0.15) is 0 Å². The number of Topliss-reactive ketones (excluding diaryl/α,β-unsaturated/α-hetero) is 1. The largest absolute Gasteiger partial charge is 0.519 e. The van der Waals surface area contributed by atoms with Crippen LogP contribution in [0.15, 0.2) is 50.0 Å². The number of unbranched alkanes of at least 4 members (excludes halogenated alkanes) is 8. The number of rotatable bonds is 20. The number of ketones is 1. The normalized spacial score (nSPS) is 19.2. The molecule has 1 aromatic heterocycles. The quantitative estimate of drug-likeness (QED) is 0.0696. The maximum absolute atomic E-state index is 13.9. The molecule has 3 N–H and O–H groups in total. The van der Waals surface area contributed by atoms with E-state index in [1.54, 1.807) is 37.3 Å². The number of hydrogen-bond acceptors (Lipinski definition) is 12. The molecule has 14 nitrogen and oxygen atoms in total. The van der Waals surface area contributed by atoms with Crippen LogP contribution in [-0.4, -0.2) is 58.1 Å². The van der Waals surface area contributed by atoms with Gasteiger partial charge in [0.2, 0.25) is 5.91 Å². The third-order valence-corrected chi connectivity index (χ3v) is 8.89. The SMILES string of the molecule is CC#CCOc1ccc(C[C@@H]2NC(=O)[C@@H](/C=C/CCCCCCC(=O)CCCCCCC)[C@@](O)(CC(=O)O)C(=O)OCc3oc(=O)oc3COC2=O)cc1. The molecule has 0 bridgehead atoms. The molecule has 0 unspecified atom stereocenters. The topological polar surface area (TPSA) is 209 Å². The van der Waals surface area contributed by atoms with Gasteiger partial charge >= 0.3 is 23.7 Å². The Kier molecular flexibility index (Phi) is 18.3. The number of esters is 2. The van der Waals surface area contributed by atoms with Gasteiger partial charge in [0.25, 0.3) is 0 Å². The number of ether oxygens (including phenoxy) is 3. The molecule has 0 fully saturated rings. The van der Waals surface area contributed by atoms with E-state index >= 15 is 0 Å². The van der Waals surface area contributed by atoms with Gasteiger partial charge in [0.05, 0.1) is 12.3 Å². The van der Waals surface area contributed by atoms with E-state index in [4.69, 9.17) is 23.0 Å². The minimum atomic E-state index is -2.95. The average Bonchev–Trinajstić information content (AvgIpc) is 3.50. The van der Waals surface area contributed by atoms with Crippen molar-refractivity contribution in [2.24, 2.45) is 5.92 Å². The number of carbonyl (C=O) groups excluding carboxylic acids is 4. The Morgan fingerprint density at radius 2 is 1.56 bits per heavy atom. The van der Waals surface area contributed by atoms with E-state index < -0.39 is 66.8 Å². The summed E-state index contributed by atoms with van der Waals surface area (Å²) in [4.78, 5) is 76.9. The van der Waals surface area contributed by atoms with Crippen molar-refractivity contribution in [3.05, 3.63) is 64.1 Å². The third kappa shape index (κ3) is 14.3. The Morgan fingerprint density at radius 3 is 2.19 bits per heavy atom. The van der Waals surface area contributed by atoms with Crippen LogP contribution in [-0.2, 0) is 53.1 Å². The van der Waals surface area contributed by atoms with Crippen LogP contribution in [0.3, 0.4) is 0 Å². The van der Waals surface area contributed by atoms with E-state index in [1.165, 1.54) is 12.5 Å². The molecule has 294 valence electrons. The monoisotopic (exact) mass is 753 g/mol. The van der Waals surface area contributed by atoms with Crippen molar-refractivity contribution in [3.8, 4) is 17.6 Å². The van der Waals surface area contributed by atoms with Gasteiger partial charge in [-0.1, -0.05) is 75.7 Å². The fourth-order valence-corrected chi connectivity index (χ4v) is 5.88. The highest BCUT2D eigenvalue weighted by molar-refractivity contribution is 5.95. The molecule has 0 aliphatic carbocycles. The number of carbonyl (C=O) groups is 5. The van der Waals surface area contributed by atoms with E-state index in [2.05, 4.69) is 24.1 Å². The van der Waals surface area contributed by atoms with Gasteiger partial charge in [-0.3, -0.25) is 14.4 Å². The van der Waals surface area contributed by atoms with Crippen molar-refractivity contribution >= 4 is 29.6 Å². The number of fused-ring (bicyclic) bond motifs is 1. The number of aliphatic carboxylic acids is 1. The average molecular weight is 754 g/mol. The molecule has 2 heterocycles. The molecule has 3 atom stereocenters. The van der Waals surface area contributed by atoms with Crippen LogP contribution in [0.2, 0.25) is 0 Å². The molecule has 3 rings (SSSR count). The number of carboxylic acid groups (broad SMARTS) is 1. The highest BCUT2D eigenvalue weighted by Gasteiger charge is 2.50. The summed E-state index contributed by atoms with van der Waals surface area (Å²) in [5, 5.41) is 23.9. The second-order valence-electron chi connectivity index (χ2n) is 13.2. The number of nitrogens with one attached hydrogen (secondary N) is 1. The molecule has 1 amide bonds. The Morgan fingerprint density at radius 1 is 0.926 bits per heavy atom. The van der Waals surface area contributed by atoms with E-state index in [0.29, 0.717) is 37.0 Å². The smallest absolute Gasteiger partial charge is 0.481 e. The zero-order valence-corrected chi connectivity index (χ0v) is 31.0. The van der Waals surface area contributed by atoms with Gasteiger partial charge in [-0.25, -0.2) is 14.4 Å². The molecular weight excluding hydrogens is 702 g/mol. The molecule has 1 aliphatic rings. The molecule has 0 saturated carbocycles. The summed E-state index contributed by atoms with van der Waals surface area (Å²) in [6.07, 6.45) is 11.4. The number of carboxylic acids is 1. The molecule has 1 aliphatic heterocycles. The predicted molar refractivity (Wildman–Crippen MR) is 194 cm³/mol. The van der Waals surface area contributed by atoms with Gasteiger partial charge < -0.3 is 38.6 Å². The molecule has 54 heavy (non-hydrogen) atoms. The number of cyclic esters (lactones) is 2. The number of benzene rings is 1. The molecule has 0 radical (unpaired) electrons. The molecule has 0 spiro atoms. The summed E-state index contributed by atoms with van der Waals surface area (Å²) >= 11 is 0. The van der Waals surface area contributed by atoms with Gasteiger partial charge in [0.15, 0.2) is 30.3 Å². The molecule has 1 aromatic carbocycles. The zero-order chi connectivity index (χ0) is 39.3. The van der Waals surface area contributed by atoms with Crippen LogP contribution < -0.4 is 15.9 Å². The Hall–Kier alpha value is -5.16. The standard InChI is InChI=1S/C40H51NO13/c1-3-5-7-10-13-16-29(42)17-14-11-8-9-12-15-18-31-36(45)41-32(24-28-19-21-30(22-20-28)50-23-6-4-2)37(46)51-26-33-34(54-39(48)53-33)27-52-38(47)40(31,49)25-35(43)44/h15,18-22,31-32,49H,3,5,7-14,16-17,23-27H2,1-2H3,(H,41,45)(H,43,44)/b18-15+/t31-,32+,40+/m1/s1. The lowest BCUT2D eigenvalue weighted by Gasteiger charge is -2.31. The first kappa shape index (κ1) is 43.2. The lowest BCUT2D eigenvalue weighted by molar-refractivity contribution is -0.179. The van der Waals surface area contributed by atoms with E-state index in [1.807, 2.05) is 0 Å². The minimum absolute atomic E-state index is 0.124. The maximum Gasteiger partial charge on any atom is 0.519 e. The Labute approximate surface area is 314 Å². The van der Waals surface area contributed by atoms with Gasteiger partial charge in [-0.15, -0.1) is 5.92 Å². The third-order valence-electron chi connectivity index (χ3n) is 8.89. The number of amides is 1. The van der Waals surface area contributed by atoms with E-state index in [9.17, 15) is 39.0 Å². The summed E-state index contributed by atoms with van der Waals surface area (Å²) in [6.45, 7) is 2.59. The summed E-state index contributed by atoms with van der Waals surface area (Å²) in [6, 6.07) is 5.20. The van der Waals surface area contributed by atoms with Crippen LogP contribution in [0.5, 0.6) is 5.75 Å². The van der Waals surface area contributed by atoms with Crippen LogP contribution in [0.4, 0.5) is 0 Å². The summed E-state index contributed by atoms with van der Waals surface area (Å²) in [7, 11) is 0. The molecule has 2 aromatic rings. The fraction of sp³-hybridized carbons (Fsp3) is 0.550. The summed E-state index contributed by atoms with van der Waals surface area (Å²) in [5.74, 6) is -2.45. The first-order valence-corrected chi connectivity index (χ1v) is 18.5. The first-order valence-electron chi connectivity index (χ1n) is 18.5. The van der Waals surface area contributed by atoms with Crippen molar-refractivity contribution < 1.29 is 57.2 Å². The first-order chi connectivity index (χ1) is 26.0. The van der Waals surface area contributed by atoms with Crippen molar-refractivity contribution in [1.82, 2.24) is 5.32 Å². The second-order valence-corrected chi connectivity index (χ2v) is 13.2. The van der Waals surface area contributed by atoms with Gasteiger partial charge in [0.1, 0.15) is 24.2 Å². The number of aliphatic hydroxyl groups is 1. The number of hydrogen-bond donors (Lipinski definition) is 3. The molecule has 14 heteroatoms. The van der Waals surface area contributed by atoms with Gasteiger partial charge in [-0.05, 0) is 50.3 Å². The van der Waals surface area contributed by atoms with Crippen LogP contribution >= 0.6 is 0 Å². The zero-order valence-electron chi connectivity index (χ0n) is 31.0. The minimum Gasteiger partial charge on any atom is -0.481 e. The summed E-state index contributed by atoms with van der Waals surface area (Å²) in [5.41, 5.74) is -2.39. The van der Waals surface area contributed by atoms with Gasteiger partial charge in [0, 0.05) is 19.3 Å². The van der Waals surface area contributed by atoms with Crippen molar-refractivity contribution in [2.75, 3.05) is 6.61 Å². The van der Waals surface area contributed by atoms with Crippen LogP contribution in [0.1, 0.15) is 114 Å². The van der Waals surface area contributed by atoms with Crippen molar-refractivity contribution in [3.63, 3.8) is 0 Å². The Balaban J connectivity index is 1.79. The van der Waals surface area contributed by atoms with E-state index in [0.717, 1.165) is 44.9 Å². The van der Waals surface area contributed by atoms with Crippen LogP contribution in [0.25, 0.3) is 0 Å². The fourth-order valence-electron chi connectivity index (χ4n) is 5.88. The number of allylic oxidation sites excluding steroid dienone is 1. The highest BCUT2D eigenvalue weighted by atomic mass is 16.6. The summed E-state index contributed by atoms with van der Waals surface area (Å²) < 4.78 is 25.9. The van der Waals surface area contributed by atoms with Crippen molar-refractivity contribution in [2.45, 2.75) is 129 Å². The molecular formula is C40H51NO13. The predicted octanol–water partition coefficient (Wildman–Crippen LogP) is 5.11. The maximum atomic E-state index is 13.9. The molecule has 0 saturated heterocycles. The lowest BCUT2D eigenvalue weighted by Crippen LogP contribution is -2.56. The highest BCUT2D eigenvalue weighted by Crippen LogP contribution is 2.28. The van der Waals surface area contributed by atoms with E-state index in [-0.39, 0.29) is 30.3 Å². The lowest BCUT2D eigenvalue weighted by atomic mass is 9.82. The van der Waals surface area contributed by atoms with Crippen molar-refractivity contribution in [1.29, 1.82) is 0 Å². The Bertz CT molecular complexity index is 1690. The van der Waals surface area contributed by atoms with Crippen LogP contribution in [0, 0.1) is 17.8 Å². The second kappa shape index (κ2) is 22.8.